The lowest BCUT2D eigenvalue weighted by molar-refractivity contribution is -0.140. The third-order valence-corrected chi connectivity index (χ3v) is 6.48. The van der Waals surface area contributed by atoms with Crippen LogP contribution in [0.15, 0.2) is 65.8 Å². The molecule has 2 aliphatic rings. The summed E-state index contributed by atoms with van der Waals surface area (Å²) < 4.78 is 16.3. The molecule has 0 aromatic heterocycles. The van der Waals surface area contributed by atoms with Crippen molar-refractivity contribution < 1.29 is 28.6 Å². The van der Waals surface area contributed by atoms with E-state index in [0.29, 0.717) is 44.8 Å². The van der Waals surface area contributed by atoms with Gasteiger partial charge in [-0.3, -0.25) is 9.59 Å². The number of rotatable bonds is 6. The van der Waals surface area contributed by atoms with Crippen molar-refractivity contribution in [3.05, 3.63) is 82.4 Å². The largest absolute Gasteiger partial charge is 0.493 e. The van der Waals surface area contributed by atoms with E-state index in [0.717, 1.165) is 0 Å². The van der Waals surface area contributed by atoms with Gasteiger partial charge >= 0.3 is 0 Å². The molecule has 5 rings (SSSR count). The summed E-state index contributed by atoms with van der Waals surface area (Å²) >= 11 is 6.08. The lowest BCUT2D eigenvalue weighted by Crippen LogP contribution is -2.46. The topological polar surface area (TPSA) is 95.5 Å². The Morgan fingerprint density at radius 1 is 1.00 bits per heavy atom. The zero-order valence-corrected chi connectivity index (χ0v) is 19.9. The Morgan fingerprint density at radius 3 is 2.29 bits per heavy atom. The van der Waals surface area contributed by atoms with Crippen molar-refractivity contribution in [3.63, 3.8) is 0 Å². The van der Waals surface area contributed by atoms with Gasteiger partial charge in [-0.2, -0.15) is 0 Å². The van der Waals surface area contributed by atoms with Gasteiger partial charge in [0, 0.05) is 27.4 Å². The van der Waals surface area contributed by atoms with Gasteiger partial charge in [-0.25, -0.2) is 0 Å². The SMILES string of the molecule is COc1cc(C(=O)[C@H]2C(c3ccc(Cl)cc3)=NO[C@@]23C(=O)Nc2ccccc23)cc(OC)c1OC. The van der Waals surface area contributed by atoms with E-state index in [1.807, 2.05) is 0 Å². The number of nitrogens with zero attached hydrogens (tertiary/aromatic N) is 1. The Kier molecular flexibility index (Phi) is 5.61. The van der Waals surface area contributed by atoms with Crippen LogP contribution in [-0.4, -0.2) is 38.7 Å². The van der Waals surface area contributed by atoms with Crippen molar-refractivity contribution in [2.75, 3.05) is 26.6 Å². The van der Waals surface area contributed by atoms with E-state index >= 15 is 0 Å². The fourth-order valence-electron chi connectivity index (χ4n) is 4.59. The van der Waals surface area contributed by atoms with Crippen LogP contribution in [-0.2, 0) is 15.2 Å². The molecule has 2 heterocycles. The Balaban J connectivity index is 1.70. The van der Waals surface area contributed by atoms with E-state index in [9.17, 15) is 9.59 Å². The Bertz CT molecular complexity index is 1350. The molecule has 9 heteroatoms. The lowest BCUT2D eigenvalue weighted by atomic mass is 9.74. The first-order chi connectivity index (χ1) is 16.9. The van der Waals surface area contributed by atoms with Crippen molar-refractivity contribution in [2.24, 2.45) is 11.1 Å². The number of hydrogen-bond donors (Lipinski definition) is 1. The molecule has 1 N–H and O–H groups in total. The number of carbonyl (C=O) groups excluding carboxylic acids is 2. The number of ether oxygens (including phenoxy) is 3. The average Bonchev–Trinajstić information content (AvgIpc) is 3.42. The maximum atomic E-state index is 14.2. The number of nitrogens with one attached hydrogen (secondary N) is 1. The van der Waals surface area contributed by atoms with Crippen LogP contribution in [0, 0.1) is 5.92 Å². The molecule has 0 radical (unpaired) electrons. The minimum Gasteiger partial charge on any atom is -0.493 e. The van der Waals surface area contributed by atoms with Crippen LogP contribution in [0.25, 0.3) is 0 Å². The van der Waals surface area contributed by atoms with Crippen LogP contribution in [0.5, 0.6) is 17.2 Å². The summed E-state index contributed by atoms with van der Waals surface area (Å²) in [5, 5.41) is 7.63. The number of halogens is 1. The van der Waals surface area contributed by atoms with Crippen molar-refractivity contribution in [3.8, 4) is 17.2 Å². The zero-order valence-electron chi connectivity index (χ0n) is 19.1. The molecule has 0 unspecified atom stereocenters. The molecule has 3 aromatic rings. The number of para-hydroxylation sites is 1. The fourth-order valence-corrected chi connectivity index (χ4v) is 4.71. The summed E-state index contributed by atoms with van der Waals surface area (Å²) in [5.41, 5.74) is 0.578. The number of methoxy groups -OCH3 is 3. The molecular formula is C26H21ClN2O6. The van der Waals surface area contributed by atoms with Gasteiger partial charge in [0.2, 0.25) is 5.75 Å². The highest BCUT2D eigenvalue weighted by Gasteiger charge is 2.63. The van der Waals surface area contributed by atoms with E-state index in [-0.39, 0.29) is 5.56 Å². The van der Waals surface area contributed by atoms with E-state index in [2.05, 4.69) is 10.5 Å². The highest BCUT2D eigenvalue weighted by atomic mass is 35.5. The fraction of sp³-hybridized carbons (Fsp3) is 0.192. The van der Waals surface area contributed by atoms with Gasteiger partial charge in [0.05, 0.1) is 21.3 Å². The maximum absolute atomic E-state index is 14.2. The predicted molar refractivity (Wildman–Crippen MR) is 130 cm³/mol. The molecule has 0 saturated heterocycles. The van der Waals surface area contributed by atoms with Crippen LogP contribution in [0.1, 0.15) is 21.5 Å². The van der Waals surface area contributed by atoms with Crippen LogP contribution in [0.2, 0.25) is 5.02 Å². The molecule has 0 bridgehead atoms. The summed E-state index contributed by atoms with van der Waals surface area (Å²) in [5.74, 6) is -1.01. The third-order valence-electron chi connectivity index (χ3n) is 6.23. The van der Waals surface area contributed by atoms with Crippen molar-refractivity contribution in [1.82, 2.24) is 0 Å². The molecule has 8 nitrogen and oxygen atoms in total. The van der Waals surface area contributed by atoms with E-state index in [4.69, 9.17) is 30.6 Å². The van der Waals surface area contributed by atoms with Gasteiger partial charge in [-0.05, 0) is 30.3 Å². The average molecular weight is 493 g/mol. The molecule has 0 aliphatic carbocycles. The molecule has 2 atom stereocenters. The summed E-state index contributed by atoms with van der Waals surface area (Å²) in [7, 11) is 4.41. The molecule has 2 aliphatic heterocycles. The van der Waals surface area contributed by atoms with Crippen molar-refractivity contribution >= 4 is 34.7 Å². The second-order valence-electron chi connectivity index (χ2n) is 8.02. The number of Topliss-reactive ketones (excluding diaryl/α,β-unsaturated/α-hetero) is 1. The number of amides is 1. The van der Waals surface area contributed by atoms with Crippen LogP contribution in [0.4, 0.5) is 5.69 Å². The molecule has 35 heavy (non-hydrogen) atoms. The highest BCUT2D eigenvalue weighted by Crippen LogP contribution is 2.50. The lowest BCUT2D eigenvalue weighted by Gasteiger charge is -2.27. The molecular weight excluding hydrogens is 472 g/mol. The zero-order chi connectivity index (χ0) is 24.7. The van der Waals surface area contributed by atoms with E-state index in [1.165, 1.54) is 21.3 Å². The van der Waals surface area contributed by atoms with Gasteiger partial charge in [-0.1, -0.05) is 47.1 Å². The van der Waals surface area contributed by atoms with Gasteiger partial charge in [-0.15, -0.1) is 0 Å². The Labute approximate surface area is 206 Å². The van der Waals surface area contributed by atoms with E-state index < -0.39 is 23.2 Å². The summed E-state index contributed by atoms with van der Waals surface area (Å²) in [6.07, 6.45) is 0. The number of oxime groups is 1. The normalized spacial score (nSPS) is 20.1. The van der Waals surface area contributed by atoms with Crippen molar-refractivity contribution in [1.29, 1.82) is 0 Å². The number of hydrogen-bond acceptors (Lipinski definition) is 7. The second kappa shape index (κ2) is 8.63. The minimum atomic E-state index is -1.68. The number of ketones is 1. The Morgan fingerprint density at radius 2 is 1.66 bits per heavy atom. The number of fused-ring (bicyclic) bond motifs is 2. The van der Waals surface area contributed by atoms with Crippen molar-refractivity contribution in [2.45, 2.75) is 5.60 Å². The first-order valence-electron chi connectivity index (χ1n) is 10.7. The molecule has 1 amide bonds. The van der Waals surface area contributed by atoms with E-state index in [1.54, 1.807) is 60.7 Å². The third kappa shape index (κ3) is 3.40. The van der Waals surface area contributed by atoms with Crippen LogP contribution in [0.3, 0.4) is 0 Å². The van der Waals surface area contributed by atoms with Crippen LogP contribution < -0.4 is 19.5 Å². The molecule has 1 spiro atoms. The second-order valence-corrected chi connectivity index (χ2v) is 8.46. The maximum Gasteiger partial charge on any atom is 0.277 e. The molecule has 178 valence electrons. The first kappa shape index (κ1) is 22.7. The molecule has 3 aromatic carbocycles. The molecule has 0 saturated carbocycles. The monoisotopic (exact) mass is 492 g/mol. The quantitative estimate of drug-likeness (QED) is 0.511. The number of anilines is 1. The standard InChI is InChI=1S/C26H21ClN2O6/c1-32-19-12-15(13-20(33-2)24(19)34-3)23(30)21-22(14-8-10-16(27)11-9-14)29-35-26(21)17-6-4-5-7-18(17)28-25(26)31/h4-13,21H,1-3H3,(H,28,31)/t21-,26-/m1/s1. The van der Waals surface area contributed by atoms with Gasteiger partial charge in [0.25, 0.3) is 11.5 Å². The highest BCUT2D eigenvalue weighted by molar-refractivity contribution is 6.31. The first-order valence-corrected chi connectivity index (χ1v) is 11.1. The van der Waals surface area contributed by atoms with Crippen LogP contribution >= 0.6 is 11.6 Å². The van der Waals surface area contributed by atoms with Gasteiger partial charge in [0.15, 0.2) is 17.3 Å². The summed E-state index contributed by atoms with van der Waals surface area (Å²) in [6.45, 7) is 0. The predicted octanol–water partition coefficient (Wildman–Crippen LogP) is 4.45. The van der Waals surface area contributed by atoms with Gasteiger partial charge in [0.1, 0.15) is 11.6 Å². The Hall–Kier alpha value is -4.04. The number of carbonyl (C=O) groups is 2. The summed E-state index contributed by atoms with van der Waals surface area (Å²) in [4.78, 5) is 33.5. The number of benzene rings is 3. The smallest absolute Gasteiger partial charge is 0.277 e. The minimum absolute atomic E-state index is 0.244. The summed E-state index contributed by atoms with van der Waals surface area (Å²) in [6, 6.07) is 17.0. The van der Waals surface area contributed by atoms with Gasteiger partial charge < -0.3 is 24.4 Å². The molecule has 0 fully saturated rings.